The van der Waals surface area contributed by atoms with Crippen LogP contribution in [0.15, 0.2) is 28.2 Å². The molecule has 0 amide bonds. The number of hydrogen-bond donors (Lipinski definition) is 4. The molecule has 0 atom stereocenters. The fourth-order valence-corrected chi connectivity index (χ4v) is 0.855. The molecule has 80 valence electrons. The average molecular weight is 211 g/mol. The second-order valence-corrected chi connectivity index (χ2v) is 2.64. The minimum absolute atomic E-state index is 0.194. The Morgan fingerprint density at radius 1 is 1.27 bits per heavy atom. The third-order valence-electron chi connectivity index (χ3n) is 1.42. The molecule has 1 rings (SSSR count). The van der Waals surface area contributed by atoms with Gasteiger partial charge >= 0.3 is 0 Å². The van der Waals surface area contributed by atoms with Gasteiger partial charge in [-0.25, -0.2) is 9.38 Å². The van der Waals surface area contributed by atoms with Gasteiger partial charge in [-0.2, -0.15) is 4.99 Å². The molecule has 6 nitrogen and oxygen atoms in total. The Balaban J connectivity index is 2.99. The molecular weight excluding hydrogens is 201 g/mol. The highest BCUT2D eigenvalue weighted by Crippen LogP contribution is 2.21. The van der Waals surface area contributed by atoms with Crippen molar-refractivity contribution in [1.29, 1.82) is 0 Å². The summed E-state index contributed by atoms with van der Waals surface area (Å²) in [6.45, 7) is 0. The summed E-state index contributed by atoms with van der Waals surface area (Å²) in [6, 6.07) is 3.52. The number of phenolic OH excluding ortho intramolecular Hbond substituents is 1. The highest BCUT2D eigenvalue weighted by atomic mass is 19.1. The first-order chi connectivity index (χ1) is 6.99. The van der Waals surface area contributed by atoms with Crippen molar-refractivity contribution >= 4 is 17.6 Å². The Morgan fingerprint density at radius 2 is 1.93 bits per heavy atom. The molecule has 0 heterocycles. The summed E-state index contributed by atoms with van der Waals surface area (Å²) in [6.07, 6.45) is 0. The van der Waals surface area contributed by atoms with E-state index in [0.29, 0.717) is 0 Å². The monoisotopic (exact) mass is 211 g/mol. The van der Waals surface area contributed by atoms with Gasteiger partial charge in [0.15, 0.2) is 17.5 Å². The summed E-state index contributed by atoms with van der Waals surface area (Å²) in [4.78, 5) is 7.14. The van der Waals surface area contributed by atoms with Crippen LogP contribution in [0.1, 0.15) is 0 Å². The minimum Gasteiger partial charge on any atom is -0.505 e. The van der Waals surface area contributed by atoms with Crippen molar-refractivity contribution < 1.29 is 9.50 Å². The smallest absolute Gasteiger partial charge is 0.223 e. The van der Waals surface area contributed by atoms with Gasteiger partial charge in [0, 0.05) is 6.07 Å². The molecule has 1 aromatic rings. The van der Waals surface area contributed by atoms with Crippen molar-refractivity contribution in [1.82, 2.24) is 0 Å². The Hall–Kier alpha value is -2.31. The lowest BCUT2D eigenvalue weighted by Gasteiger charge is -1.97. The summed E-state index contributed by atoms with van der Waals surface area (Å²) in [5.74, 6) is -1.70. The summed E-state index contributed by atoms with van der Waals surface area (Å²) < 4.78 is 12.8. The zero-order valence-electron chi connectivity index (χ0n) is 7.68. The molecule has 0 radical (unpaired) electrons. The summed E-state index contributed by atoms with van der Waals surface area (Å²) in [7, 11) is 0. The molecule has 0 aliphatic heterocycles. The van der Waals surface area contributed by atoms with Gasteiger partial charge in [0.2, 0.25) is 5.96 Å². The lowest BCUT2D eigenvalue weighted by molar-refractivity contribution is 0.432. The molecule has 0 saturated carbocycles. The van der Waals surface area contributed by atoms with Crippen LogP contribution in [-0.2, 0) is 0 Å². The van der Waals surface area contributed by atoms with E-state index in [-0.39, 0.29) is 17.6 Å². The predicted molar refractivity (Wildman–Crippen MR) is 55.2 cm³/mol. The van der Waals surface area contributed by atoms with Gasteiger partial charge in [0.1, 0.15) is 0 Å². The molecule has 0 aliphatic rings. The van der Waals surface area contributed by atoms with Gasteiger partial charge in [0.05, 0.1) is 5.69 Å². The van der Waals surface area contributed by atoms with E-state index in [0.717, 1.165) is 12.1 Å². The van der Waals surface area contributed by atoms with Crippen molar-refractivity contribution in [3.8, 4) is 5.75 Å². The van der Waals surface area contributed by atoms with E-state index in [1.54, 1.807) is 0 Å². The van der Waals surface area contributed by atoms with Crippen LogP contribution in [0.5, 0.6) is 5.75 Å². The lowest BCUT2D eigenvalue weighted by Crippen LogP contribution is -2.26. The molecule has 0 bridgehead atoms. The number of aliphatic imine (C=N–C) groups is 2. The zero-order valence-corrected chi connectivity index (χ0v) is 7.68. The summed E-state index contributed by atoms with van der Waals surface area (Å²) in [5, 5.41) is 8.90. The number of nitrogens with zero attached hydrogens (tertiary/aromatic N) is 2. The van der Waals surface area contributed by atoms with Crippen molar-refractivity contribution in [3.05, 3.63) is 24.0 Å². The molecule has 15 heavy (non-hydrogen) atoms. The number of benzene rings is 1. The molecular formula is C8H10FN5O. The third-order valence-corrected chi connectivity index (χ3v) is 1.42. The van der Waals surface area contributed by atoms with Crippen LogP contribution in [0.2, 0.25) is 0 Å². The molecule has 0 spiro atoms. The van der Waals surface area contributed by atoms with Crippen LogP contribution < -0.4 is 17.2 Å². The standard InChI is InChI=1S/C8H10FN5O/c9-5-3-4(1-2-6(5)15)13-8(12)14-7(10)11/h1-3,15H,(H6,10,11,12,13,14). The molecule has 7 heteroatoms. The Bertz CT molecular complexity index is 425. The number of nitrogens with two attached hydrogens (primary N) is 3. The number of guanidine groups is 2. The molecule has 0 aromatic heterocycles. The van der Waals surface area contributed by atoms with E-state index >= 15 is 0 Å². The van der Waals surface area contributed by atoms with Crippen molar-refractivity contribution in [3.63, 3.8) is 0 Å². The first-order valence-corrected chi connectivity index (χ1v) is 3.91. The van der Waals surface area contributed by atoms with Crippen LogP contribution in [0, 0.1) is 5.82 Å². The second-order valence-electron chi connectivity index (χ2n) is 2.64. The molecule has 0 saturated heterocycles. The maximum Gasteiger partial charge on any atom is 0.223 e. The zero-order chi connectivity index (χ0) is 11.4. The van der Waals surface area contributed by atoms with E-state index in [9.17, 15) is 4.39 Å². The fourth-order valence-electron chi connectivity index (χ4n) is 0.855. The van der Waals surface area contributed by atoms with E-state index < -0.39 is 11.6 Å². The van der Waals surface area contributed by atoms with Crippen LogP contribution in [0.4, 0.5) is 10.1 Å². The van der Waals surface area contributed by atoms with Gasteiger partial charge in [-0.15, -0.1) is 0 Å². The second kappa shape index (κ2) is 4.27. The molecule has 0 fully saturated rings. The van der Waals surface area contributed by atoms with Gasteiger partial charge < -0.3 is 22.3 Å². The summed E-state index contributed by atoms with van der Waals surface area (Å²) in [5.41, 5.74) is 15.6. The maximum atomic E-state index is 12.8. The molecule has 1 aromatic carbocycles. The number of rotatable bonds is 1. The Morgan fingerprint density at radius 3 is 2.47 bits per heavy atom. The number of hydrogen-bond acceptors (Lipinski definition) is 2. The summed E-state index contributed by atoms with van der Waals surface area (Å²) >= 11 is 0. The Labute approximate surface area is 84.9 Å². The van der Waals surface area contributed by atoms with Gasteiger partial charge in [-0.1, -0.05) is 0 Å². The van der Waals surface area contributed by atoms with Crippen LogP contribution in [0.3, 0.4) is 0 Å². The minimum atomic E-state index is -0.797. The van der Waals surface area contributed by atoms with E-state index in [1.807, 2.05) is 0 Å². The van der Waals surface area contributed by atoms with Gasteiger partial charge in [0.25, 0.3) is 0 Å². The van der Waals surface area contributed by atoms with Crippen LogP contribution in [-0.4, -0.2) is 17.0 Å². The van der Waals surface area contributed by atoms with Crippen molar-refractivity contribution in [2.75, 3.05) is 0 Å². The first kappa shape index (κ1) is 10.8. The largest absolute Gasteiger partial charge is 0.505 e. The number of aromatic hydroxyl groups is 1. The number of phenols is 1. The lowest BCUT2D eigenvalue weighted by atomic mass is 10.3. The van der Waals surface area contributed by atoms with Gasteiger partial charge in [-0.05, 0) is 12.1 Å². The Kier molecular flexibility index (Phi) is 3.06. The maximum absolute atomic E-state index is 12.8. The van der Waals surface area contributed by atoms with Gasteiger partial charge in [-0.3, -0.25) is 0 Å². The highest BCUT2D eigenvalue weighted by molar-refractivity contribution is 5.93. The molecule has 7 N–H and O–H groups in total. The van der Waals surface area contributed by atoms with Crippen molar-refractivity contribution in [2.24, 2.45) is 27.2 Å². The SMILES string of the molecule is NC(N)=NC(N)=Nc1ccc(O)c(F)c1. The average Bonchev–Trinajstić information content (AvgIpc) is 2.10. The first-order valence-electron chi connectivity index (χ1n) is 3.91. The highest BCUT2D eigenvalue weighted by Gasteiger charge is 2.00. The topological polar surface area (TPSA) is 123 Å². The van der Waals surface area contributed by atoms with Crippen LogP contribution in [0.25, 0.3) is 0 Å². The van der Waals surface area contributed by atoms with Crippen molar-refractivity contribution in [2.45, 2.75) is 0 Å². The van der Waals surface area contributed by atoms with E-state index in [4.69, 9.17) is 22.3 Å². The normalized spacial score (nSPS) is 11.1. The van der Waals surface area contributed by atoms with E-state index in [2.05, 4.69) is 9.98 Å². The molecule has 0 aliphatic carbocycles. The quantitative estimate of drug-likeness (QED) is 0.377. The van der Waals surface area contributed by atoms with Crippen LogP contribution >= 0.6 is 0 Å². The number of halogens is 1. The van der Waals surface area contributed by atoms with E-state index in [1.165, 1.54) is 6.07 Å². The fraction of sp³-hybridized carbons (Fsp3) is 0. The predicted octanol–water partition coefficient (Wildman–Crippen LogP) is -0.249. The third kappa shape index (κ3) is 3.14. The molecule has 0 unspecified atom stereocenters.